The lowest BCUT2D eigenvalue weighted by Crippen LogP contribution is -2.33. The minimum absolute atomic E-state index is 0.172. The summed E-state index contributed by atoms with van der Waals surface area (Å²) in [5, 5.41) is 2.05. The second-order valence-corrected chi connectivity index (χ2v) is 6.65. The number of hydrogen-bond donors (Lipinski definition) is 0. The Morgan fingerprint density at radius 2 is 1.57 bits per heavy atom. The number of hydrogen-bond acceptors (Lipinski definition) is 6. The van der Waals surface area contributed by atoms with Crippen molar-refractivity contribution in [2.75, 3.05) is 39.4 Å². The lowest BCUT2D eigenvalue weighted by Gasteiger charge is -2.20. The summed E-state index contributed by atoms with van der Waals surface area (Å²) in [6.45, 7) is 0.405. The highest BCUT2D eigenvalue weighted by Crippen LogP contribution is 2.47. The van der Waals surface area contributed by atoms with Crippen LogP contribution in [0.2, 0.25) is 0 Å². The number of carbonyl (C=O) groups excluding carboxylic acids is 2. The third kappa shape index (κ3) is 3.08. The Kier molecular flexibility index (Phi) is 5.18. The SMILES string of the molecule is COc1cc2c(c(OC)c1OC)C(=O)C(=O)N2CCOc1cccc2ccccc12. The average Bonchev–Trinajstić information content (AvgIpc) is 3.02. The molecule has 4 rings (SSSR count). The molecule has 0 spiro atoms. The van der Waals surface area contributed by atoms with Crippen LogP contribution in [0.3, 0.4) is 0 Å². The minimum atomic E-state index is -0.645. The number of Topliss-reactive ketones (excluding diaryl/α,β-unsaturated/α-hetero) is 1. The van der Waals surface area contributed by atoms with Gasteiger partial charge in [-0.2, -0.15) is 0 Å². The quantitative estimate of drug-likeness (QED) is 0.559. The maximum Gasteiger partial charge on any atom is 0.299 e. The van der Waals surface area contributed by atoms with Crippen LogP contribution in [0.1, 0.15) is 10.4 Å². The largest absolute Gasteiger partial charge is 0.493 e. The summed E-state index contributed by atoms with van der Waals surface area (Å²) in [6.07, 6.45) is 0. The number of rotatable bonds is 7. The van der Waals surface area contributed by atoms with Crippen LogP contribution in [-0.2, 0) is 4.79 Å². The van der Waals surface area contributed by atoms with Crippen LogP contribution in [0.25, 0.3) is 10.8 Å². The van der Waals surface area contributed by atoms with E-state index in [0.29, 0.717) is 11.4 Å². The number of ketones is 1. The Bertz CT molecular complexity index is 1130. The summed E-state index contributed by atoms with van der Waals surface area (Å²) in [7, 11) is 4.35. The first kappa shape index (κ1) is 19.6. The van der Waals surface area contributed by atoms with Crippen molar-refractivity contribution in [3.63, 3.8) is 0 Å². The van der Waals surface area contributed by atoms with Gasteiger partial charge < -0.3 is 23.8 Å². The van der Waals surface area contributed by atoms with Crippen LogP contribution in [0.4, 0.5) is 5.69 Å². The molecule has 0 saturated heterocycles. The zero-order valence-electron chi connectivity index (χ0n) is 16.9. The number of methoxy groups -OCH3 is 3. The Morgan fingerprint density at radius 3 is 2.30 bits per heavy atom. The zero-order chi connectivity index (χ0) is 21.3. The summed E-state index contributed by atoms with van der Waals surface area (Å²) in [5.74, 6) is 0.260. The number of carbonyl (C=O) groups is 2. The van der Waals surface area contributed by atoms with Crippen LogP contribution in [-0.4, -0.2) is 46.2 Å². The molecule has 1 amide bonds. The van der Waals surface area contributed by atoms with Gasteiger partial charge in [-0.25, -0.2) is 0 Å². The molecule has 1 aliphatic heterocycles. The highest BCUT2D eigenvalue weighted by molar-refractivity contribution is 6.53. The van der Waals surface area contributed by atoms with E-state index in [9.17, 15) is 9.59 Å². The van der Waals surface area contributed by atoms with Gasteiger partial charge in [0, 0.05) is 11.5 Å². The molecule has 30 heavy (non-hydrogen) atoms. The van der Waals surface area contributed by atoms with Gasteiger partial charge >= 0.3 is 0 Å². The first-order chi connectivity index (χ1) is 14.6. The van der Waals surface area contributed by atoms with Gasteiger partial charge in [0.1, 0.15) is 12.4 Å². The maximum absolute atomic E-state index is 12.7. The number of fused-ring (bicyclic) bond motifs is 2. The molecule has 154 valence electrons. The summed E-state index contributed by atoms with van der Waals surface area (Å²) in [6, 6.07) is 15.3. The summed E-state index contributed by atoms with van der Waals surface area (Å²) in [4.78, 5) is 26.7. The van der Waals surface area contributed by atoms with Crippen molar-refractivity contribution in [2.45, 2.75) is 0 Å². The van der Waals surface area contributed by atoms with Gasteiger partial charge in [0.05, 0.1) is 39.1 Å². The molecule has 1 aliphatic rings. The van der Waals surface area contributed by atoms with Crippen molar-refractivity contribution in [3.05, 3.63) is 54.1 Å². The highest BCUT2D eigenvalue weighted by Gasteiger charge is 2.41. The normalized spacial score (nSPS) is 12.8. The Labute approximate surface area is 173 Å². The van der Waals surface area contributed by atoms with Crippen LogP contribution in [0.15, 0.2) is 48.5 Å². The third-order valence-electron chi connectivity index (χ3n) is 5.09. The topological polar surface area (TPSA) is 74.3 Å². The molecule has 0 aliphatic carbocycles. The number of nitrogens with zero attached hydrogens (tertiary/aromatic N) is 1. The summed E-state index contributed by atoms with van der Waals surface area (Å²) < 4.78 is 22.0. The molecule has 0 radical (unpaired) electrons. The molecule has 0 bridgehead atoms. The standard InChI is InChI=1S/C23H21NO6/c1-27-18-13-16-19(22(29-3)21(18)28-2)20(25)23(26)24(16)11-12-30-17-10-6-8-14-7-4-5-9-15(14)17/h4-10,13H,11-12H2,1-3H3. The van der Waals surface area contributed by atoms with E-state index < -0.39 is 11.7 Å². The van der Waals surface area contributed by atoms with Crippen molar-refractivity contribution >= 4 is 28.2 Å². The van der Waals surface area contributed by atoms with Gasteiger partial charge in [-0.1, -0.05) is 36.4 Å². The predicted molar refractivity (Wildman–Crippen MR) is 112 cm³/mol. The van der Waals surface area contributed by atoms with Gasteiger partial charge in [0.2, 0.25) is 5.75 Å². The first-order valence-corrected chi connectivity index (χ1v) is 9.40. The zero-order valence-corrected chi connectivity index (χ0v) is 16.9. The Balaban J connectivity index is 1.62. The molecule has 0 atom stereocenters. The third-order valence-corrected chi connectivity index (χ3v) is 5.09. The van der Waals surface area contributed by atoms with E-state index in [1.807, 2.05) is 42.5 Å². The van der Waals surface area contributed by atoms with Gasteiger partial charge in [0.15, 0.2) is 11.5 Å². The van der Waals surface area contributed by atoms with E-state index in [1.165, 1.54) is 26.2 Å². The number of anilines is 1. The van der Waals surface area contributed by atoms with Gasteiger partial charge in [0.25, 0.3) is 11.7 Å². The van der Waals surface area contributed by atoms with Crippen molar-refractivity contribution in [3.8, 4) is 23.0 Å². The predicted octanol–water partition coefficient (Wildman–Crippen LogP) is 3.47. The minimum Gasteiger partial charge on any atom is -0.493 e. The summed E-state index contributed by atoms with van der Waals surface area (Å²) >= 11 is 0. The Hall–Kier alpha value is -3.74. The van der Waals surface area contributed by atoms with Crippen molar-refractivity contribution in [1.29, 1.82) is 0 Å². The van der Waals surface area contributed by atoms with E-state index in [2.05, 4.69) is 0 Å². The van der Waals surface area contributed by atoms with Gasteiger partial charge in [-0.15, -0.1) is 0 Å². The fourth-order valence-corrected chi connectivity index (χ4v) is 3.70. The van der Waals surface area contributed by atoms with E-state index in [0.717, 1.165) is 16.5 Å². The molecule has 0 N–H and O–H groups in total. The molecule has 7 heteroatoms. The molecule has 1 heterocycles. The molecular formula is C23H21NO6. The van der Waals surface area contributed by atoms with Crippen molar-refractivity contribution < 1.29 is 28.5 Å². The van der Waals surface area contributed by atoms with E-state index in [1.54, 1.807) is 6.07 Å². The fourth-order valence-electron chi connectivity index (χ4n) is 3.70. The lowest BCUT2D eigenvalue weighted by molar-refractivity contribution is -0.114. The number of benzene rings is 3. The smallest absolute Gasteiger partial charge is 0.299 e. The van der Waals surface area contributed by atoms with E-state index in [4.69, 9.17) is 18.9 Å². The first-order valence-electron chi connectivity index (χ1n) is 9.40. The van der Waals surface area contributed by atoms with Crippen molar-refractivity contribution in [1.82, 2.24) is 0 Å². The monoisotopic (exact) mass is 407 g/mol. The van der Waals surface area contributed by atoms with Crippen molar-refractivity contribution in [2.24, 2.45) is 0 Å². The molecule has 7 nitrogen and oxygen atoms in total. The lowest BCUT2D eigenvalue weighted by atomic mass is 10.1. The highest BCUT2D eigenvalue weighted by atomic mass is 16.5. The molecule has 0 aromatic heterocycles. The maximum atomic E-state index is 12.7. The van der Waals surface area contributed by atoms with Gasteiger partial charge in [-0.05, 0) is 11.5 Å². The molecule has 3 aromatic rings. The molecule has 3 aromatic carbocycles. The molecule has 0 unspecified atom stereocenters. The number of ether oxygens (including phenoxy) is 4. The molecule has 0 fully saturated rings. The second-order valence-electron chi connectivity index (χ2n) is 6.65. The number of amides is 1. The Morgan fingerprint density at radius 1 is 0.833 bits per heavy atom. The van der Waals surface area contributed by atoms with Crippen LogP contribution >= 0.6 is 0 Å². The molecule has 0 saturated carbocycles. The van der Waals surface area contributed by atoms with Gasteiger partial charge in [-0.3, -0.25) is 9.59 Å². The van der Waals surface area contributed by atoms with E-state index in [-0.39, 0.29) is 30.2 Å². The fraction of sp³-hybridized carbons (Fsp3) is 0.217. The average molecular weight is 407 g/mol. The van der Waals surface area contributed by atoms with Crippen LogP contribution in [0.5, 0.6) is 23.0 Å². The molecular weight excluding hydrogens is 386 g/mol. The van der Waals surface area contributed by atoms with E-state index >= 15 is 0 Å². The van der Waals surface area contributed by atoms with Crippen LogP contribution < -0.4 is 23.8 Å². The summed E-state index contributed by atoms with van der Waals surface area (Å²) in [5.41, 5.74) is 0.589. The van der Waals surface area contributed by atoms with Crippen LogP contribution in [0, 0.1) is 0 Å². The second kappa shape index (κ2) is 7.94.